The normalized spacial score (nSPS) is 14.6. The Balaban J connectivity index is 4.22. The number of hydrogen-bond donors (Lipinski definition) is 3. The number of amides is 1. The summed E-state index contributed by atoms with van der Waals surface area (Å²) < 4.78 is 4.96. The number of nitrogens with one attached hydrogen (secondary N) is 1. The van der Waals surface area contributed by atoms with Crippen LogP contribution in [0.1, 0.15) is 20.3 Å². The summed E-state index contributed by atoms with van der Waals surface area (Å²) in [5.74, 6) is -1.35. The zero-order valence-electron chi connectivity index (χ0n) is 9.90. The van der Waals surface area contributed by atoms with Crippen LogP contribution in [-0.2, 0) is 14.3 Å². The van der Waals surface area contributed by atoms with E-state index in [9.17, 15) is 9.59 Å². The van der Waals surface area contributed by atoms with Crippen molar-refractivity contribution in [3.63, 3.8) is 0 Å². The molecule has 0 aliphatic rings. The molecule has 0 heterocycles. The Morgan fingerprint density at radius 3 is 2.38 bits per heavy atom. The van der Waals surface area contributed by atoms with Crippen LogP contribution >= 0.6 is 0 Å². The molecule has 6 nitrogen and oxygen atoms in total. The lowest BCUT2D eigenvalue weighted by molar-refractivity contribution is -0.139. The van der Waals surface area contributed by atoms with E-state index in [0.29, 0.717) is 6.61 Å². The van der Waals surface area contributed by atoms with Crippen LogP contribution in [-0.4, -0.2) is 42.8 Å². The van der Waals surface area contributed by atoms with E-state index in [1.807, 2.05) is 13.8 Å². The summed E-state index contributed by atoms with van der Waals surface area (Å²) in [5, 5.41) is 11.2. The second kappa shape index (κ2) is 7.19. The minimum Gasteiger partial charge on any atom is -0.481 e. The van der Waals surface area contributed by atoms with E-state index in [4.69, 9.17) is 15.6 Å². The molecule has 94 valence electrons. The van der Waals surface area contributed by atoms with Gasteiger partial charge in [-0.1, -0.05) is 13.8 Å². The lowest BCUT2D eigenvalue weighted by Gasteiger charge is -2.23. The SMILES string of the molecule is COCC(NC(=O)C(N)CC(=O)O)C(C)C. The minimum absolute atomic E-state index is 0.155. The molecule has 1 amide bonds. The van der Waals surface area contributed by atoms with Crippen LogP contribution in [0, 0.1) is 5.92 Å². The van der Waals surface area contributed by atoms with Crippen molar-refractivity contribution in [2.45, 2.75) is 32.4 Å². The van der Waals surface area contributed by atoms with Gasteiger partial charge in [0, 0.05) is 7.11 Å². The monoisotopic (exact) mass is 232 g/mol. The molecule has 0 saturated heterocycles. The zero-order chi connectivity index (χ0) is 12.7. The highest BCUT2D eigenvalue weighted by Crippen LogP contribution is 2.02. The summed E-state index contributed by atoms with van der Waals surface area (Å²) in [6.45, 7) is 4.25. The van der Waals surface area contributed by atoms with E-state index >= 15 is 0 Å². The Bertz CT molecular complexity index is 243. The van der Waals surface area contributed by atoms with Crippen molar-refractivity contribution in [1.29, 1.82) is 0 Å². The fourth-order valence-corrected chi connectivity index (χ4v) is 1.15. The predicted molar refractivity (Wildman–Crippen MR) is 58.9 cm³/mol. The van der Waals surface area contributed by atoms with Gasteiger partial charge >= 0.3 is 5.97 Å². The highest BCUT2D eigenvalue weighted by Gasteiger charge is 2.21. The van der Waals surface area contributed by atoms with Gasteiger partial charge in [0.1, 0.15) is 0 Å². The van der Waals surface area contributed by atoms with Gasteiger partial charge in [-0.3, -0.25) is 9.59 Å². The van der Waals surface area contributed by atoms with Gasteiger partial charge in [-0.2, -0.15) is 0 Å². The van der Waals surface area contributed by atoms with E-state index in [2.05, 4.69) is 5.32 Å². The Labute approximate surface area is 95.1 Å². The van der Waals surface area contributed by atoms with E-state index in [1.54, 1.807) is 7.11 Å². The van der Waals surface area contributed by atoms with Crippen molar-refractivity contribution in [3.8, 4) is 0 Å². The van der Waals surface area contributed by atoms with Gasteiger partial charge in [0.25, 0.3) is 0 Å². The number of rotatable bonds is 7. The molecule has 0 spiro atoms. The third kappa shape index (κ3) is 5.67. The van der Waals surface area contributed by atoms with Crippen LogP contribution in [0.5, 0.6) is 0 Å². The number of nitrogens with two attached hydrogens (primary N) is 1. The van der Waals surface area contributed by atoms with Crippen molar-refractivity contribution in [2.24, 2.45) is 11.7 Å². The number of carboxylic acid groups (broad SMARTS) is 1. The summed E-state index contributed by atoms with van der Waals surface area (Å²) in [4.78, 5) is 21.9. The molecule has 2 unspecified atom stereocenters. The van der Waals surface area contributed by atoms with Gasteiger partial charge in [-0.15, -0.1) is 0 Å². The lowest BCUT2D eigenvalue weighted by Crippen LogP contribution is -2.49. The lowest BCUT2D eigenvalue weighted by atomic mass is 10.0. The van der Waals surface area contributed by atoms with E-state index in [1.165, 1.54) is 0 Å². The van der Waals surface area contributed by atoms with Crippen molar-refractivity contribution in [2.75, 3.05) is 13.7 Å². The largest absolute Gasteiger partial charge is 0.481 e. The Kier molecular flexibility index (Phi) is 6.67. The third-order valence-electron chi connectivity index (χ3n) is 2.21. The Morgan fingerprint density at radius 1 is 1.44 bits per heavy atom. The van der Waals surface area contributed by atoms with Gasteiger partial charge in [0.05, 0.1) is 25.1 Å². The van der Waals surface area contributed by atoms with Gasteiger partial charge < -0.3 is 20.9 Å². The molecule has 0 aromatic carbocycles. The van der Waals surface area contributed by atoms with Crippen LogP contribution in [0.3, 0.4) is 0 Å². The maximum Gasteiger partial charge on any atom is 0.305 e. The number of aliphatic carboxylic acids is 1. The van der Waals surface area contributed by atoms with Crippen LogP contribution < -0.4 is 11.1 Å². The summed E-state index contributed by atoms with van der Waals surface area (Å²) in [5.41, 5.74) is 5.43. The number of carbonyl (C=O) groups excluding carboxylic acids is 1. The molecule has 0 aromatic heterocycles. The van der Waals surface area contributed by atoms with Gasteiger partial charge in [0.15, 0.2) is 0 Å². The maximum absolute atomic E-state index is 11.5. The molecule has 0 aliphatic carbocycles. The second-order valence-electron chi connectivity index (χ2n) is 4.02. The van der Waals surface area contributed by atoms with E-state index in [0.717, 1.165) is 0 Å². The number of carboxylic acids is 1. The van der Waals surface area contributed by atoms with Crippen LogP contribution in [0.4, 0.5) is 0 Å². The van der Waals surface area contributed by atoms with Crippen LogP contribution in [0.15, 0.2) is 0 Å². The first kappa shape index (κ1) is 14.9. The molecule has 0 aliphatic heterocycles. The maximum atomic E-state index is 11.5. The van der Waals surface area contributed by atoms with Crippen molar-refractivity contribution >= 4 is 11.9 Å². The molecular formula is C10H20N2O4. The molecule has 0 aromatic rings. The Morgan fingerprint density at radius 2 is 2.00 bits per heavy atom. The van der Waals surface area contributed by atoms with Gasteiger partial charge in [0.2, 0.25) is 5.91 Å². The number of ether oxygens (including phenoxy) is 1. The average Bonchev–Trinajstić information content (AvgIpc) is 2.15. The number of methoxy groups -OCH3 is 1. The molecule has 0 radical (unpaired) electrons. The third-order valence-corrected chi connectivity index (χ3v) is 2.21. The van der Waals surface area contributed by atoms with Gasteiger partial charge in [-0.05, 0) is 5.92 Å². The Hall–Kier alpha value is -1.14. The van der Waals surface area contributed by atoms with Crippen LogP contribution in [0.25, 0.3) is 0 Å². The van der Waals surface area contributed by atoms with Crippen LogP contribution in [0.2, 0.25) is 0 Å². The molecule has 0 fully saturated rings. The van der Waals surface area contributed by atoms with E-state index in [-0.39, 0.29) is 18.4 Å². The number of carbonyl (C=O) groups is 2. The summed E-state index contributed by atoms with van der Waals surface area (Å²) in [7, 11) is 1.54. The van der Waals surface area contributed by atoms with Gasteiger partial charge in [-0.25, -0.2) is 0 Å². The summed E-state index contributed by atoms with van der Waals surface area (Å²) in [6.07, 6.45) is -0.371. The van der Waals surface area contributed by atoms with Crippen molar-refractivity contribution in [3.05, 3.63) is 0 Å². The first-order chi connectivity index (χ1) is 7.38. The highest BCUT2D eigenvalue weighted by atomic mass is 16.5. The highest BCUT2D eigenvalue weighted by molar-refractivity contribution is 5.86. The minimum atomic E-state index is -1.09. The average molecular weight is 232 g/mol. The molecule has 4 N–H and O–H groups in total. The van der Waals surface area contributed by atoms with Crippen molar-refractivity contribution < 1.29 is 19.4 Å². The predicted octanol–water partition coefficient (Wildman–Crippen LogP) is -0.424. The summed E-state index contributed by atoms with van der Waals surface area (Å²) in [6, 6.07) is -1.17. The first-order valence-electron chi connectivity index (χ1n) is 5.15. The molecule has 16 heavy (non-hydrogen) atoms. The molecule has 0 bridgehead atoms. The quantitative estimate of drug-likeness (QED) is 0.553. The fourth-order valence-electron chi connectivity index (χ4n) is 1.15. The molecule has 0 saturated carbocycles. The summed E-state index contributed by atoms with van der Waals surface area (Å²) >= 11 is 0. The second-order valence-corrected chi connectivity index (χ2v) is 4.02. The standard InChI is InChI=1S/C10H20N2O4/c1-6(2)8(5-16-3)12-10(15)7(11)4-9(13)14/h6-8H,4-5,11H2,1-3H3,(H,12,15)(H,13,14). The smallest absolute Gasteiger partial charge is 0.305 e. The molecule has 0 rings (SSSR count). The fraction of sp³-hybridized carbons (Fsp3) is 0.800. The van der Waals surface area contributed by atoms with Crippen molar-refractivity contribution in [1.82, 2.24) is 5.32 Å². The molecule has 6 heteroatoms. The topological polar surface area (TPSA) is 102 Å². The number of hydrogen-bond acceptors (Lipinski definition) is 4. The molecular weight excluding hydrogens is 212 g/mol. The van der Waals surface area contributed by atoms with E-state index < -0.39 is 17.9 Å². The zero-order valence-corrected chi connectivity index (χ0v) is 9.90. The molecule has 2 atom stereocenters. The first-order valence-corrected chi connectivity index (χ1v) is 5.15.